The maximum absolute atomic E-state index is 12.3. The summed E-state index contributed by atoms with van der Waals surface area (Å²) in [7, 11) is 0. The van der Waals surface area contributed by atoms with Crippen molar-refractivity contribution in [2.24, 2.45) is 17.8 Å². The van der Waals surface area contributed by atoms with Crippen LogP contribution < -0.4 is 4.90 Å². The van der Waals surface area contributed by atoms with Crippen molar-refractivity contribution in [3.63, 3.8) is 0 Å². The molecule has 1 aromatic rings. The van der Waals surface area contributed by atoms with Gasteiger partial charge in [0.15, 0.2) is 0 Å². The summed E-state index contributed by atoms with van der Waals surface area (Å²) in [6, 6.07) is 8.62. The fourth-order valence-electron chi connectivity index (χ4n) is 3.39. The average Bonchev–Trinajstić information content (AvgIpc) is 2.39. The van der Waals surface area contributed by atoms with E-state index in [-0.39, 0.29) is 5.92 Å². The molecule has 3 unspecified atom stereocenters. The fraction of sp³-hybridized carbons (Fsp3) is 0.611. The molecule has 1 aromatic carbocycles. The van der Waals surface area contributed by atoms with Gasteiger partial charge in [-0.1, -0.05) is 31.5 Å². The number of rotatable bonds is 4. The molecule has 0 aliphatic heterocycles. The minimum atomic E-state index is 0.201. The molecule has 1 aliphatic carbocycles. The molecule has 2 nitrogen and oxygen atoms in total. The molecule has 1 saturated carbocycles. The van der Waals surface area contributed by atoms with Gasteiger partial charge in [0.05, 0.1) is 0 Å². The summed E-state index contributed by atoms with van der Waals surface area (Å²) < 4.78 is 0. The van der Waals surface area contributed by atoms with E-state index in [1.807, 2.05) is 0 Å². The predicted octanol–water partition coefficient (Wildman–Crippen LogP) is 4.07. The summed E-state index contributed by atoms with van der Waals surface area (Å²) in [6.07, 6.45) is 1.95. The number of carbonyl (C=O) groups excluding carboxylic acids is 1. The van der Waals surface area contributed by atoms with Crippen molar-refractivity contribution in [2.75, 3.05) is 18.0 Å². The zero-order valence-corrected chi connectivity index (χ0v) is 13.2. The second kappa shape index (κ2) is 6.43. The molecule has 0 aromatic heterocycles. The van der Waals surface area contributed by atoms with Gasteiger partial charge in [0.1, 0.15) is 5.78 Å². The first-order valence-corrected chi connectivity index (χ1v) is 7.85. The van der Waals surface area contributed by atoms with Gasteiger partial charge in [-0.25, -0.2) is 0 Å². The van der Waals surface area contributed by atoms with Crippen molar-refractivity contribution in [1.29, 1.82) is 0 Å². The zero-order chi connectivity index (χ0) is 14.7. The molecule has 2 rings (SSSR count). The molecule has 20 heavy (non-hydrogen) atoms. The third-order valence-corrected chi connectivity index (χ3v) is 4.62. The summed E-state index contributed by atoms with van der Waals surface area (Å²) in [5.74, 6) is 1.73. The van der Waals surface area contributed by atoms with E-state index in [2.05, 4.69) is 56.9 Å². The first-order chi connectivity index (χ1) is 9.51. The van der Waals surface area contributed by atoms with Crippen LogP contribution in [0.4, 0.5) is 5.69 Å². The molecule has 0 bridgehead atoms. The Morgan fingerprint density at radius 1 is 1.20 bits per heavy atom. The number of anilines is 1. The van der Waals surface area contributed by atoms with Crippen molar-refractivity contribution in [2.45, 2.75) is 40.5 Å². The molecule has 1 fully saturated rings. The standard InChI is InChI=1S/C18H27NO/c1-5-19(16-8-6-13(2)7-9-16)12-17-15(4)10-14(3)11-18(17)20/h6-9,14-15,17H,5,10-12H2,1-4H3. The Hall–Kier alpha value is -1.31. The number of carbonyl (C=O) groups is 1. The lowest BCUT2D eigenvalue weighted by Crippen LogP contribution is -2.40. The Morgan fingerprint density at radius 3 is 2.40 bits per heavy atom. The van der Waals surface area contributed by atoms with E-state index in [4.69, 9.17) is 0 Å². The molecule has 0 amide bonds. The Kier molecular flexibility index (Phi) is 4.85. The summed E-state index contributed by atoms with van der Waals surface area (Å²) >= 11 is 0. The van der Waals surface area contributed by atoms with Gasteiger partial charge in [-0.05, 0) is 44.2 Å². The number of nitrogens with zero attached hydrogens (tertiary/aromatic N) is 1. The third-order valence-electron chi connectivity index (χ3n) is 4.62. The summed E-state index contributed by atoms with van der Waals surface area (Å²) in [4.78, 5) is 14.7. The fourth-order valence-corrected chi connectivity index (χ4v) is 3.39. The summed E-state index contributed by atoms with van der Waals surface area (Å²) in [6.45, 7) is 10.5. The van der Waals surface area contributed by atoms with Crippen LogP contribution >= 0.6 is 0 Å². The van der Waals surface area contributed by atoms with Gasteiger partial charge in [-0.2, -0.15) is 0 Å². The lowest BCUT2D eigenvalue weighted by atomic mass is 9.74. The van der Waals surface area contributed by atoms with E-state index in [1.165, 1.54) is 17.7 Å². The molecule has 0 radical (unpaired) electrons. The zero-order valence-electron chi connectivity index (χ0n) is 13.2. The highest BCUT2D eigenvalue weighted by molar-refractivity contribution is 5.83. The van der Waals surface area contributed by atoms with Gasteiger partial charge in [0, 0.05) is 31.1 Å². The lowest BCUT2D eigenvalue weighted by molar-refractivity contribution is -0.127. The predicted molar refractivity (Wildman–Crippen MR) is 85.1 cm³/mol. The monoisotopic (exact) mass is 273 g/mol. The van der Waals surface area contributed by atoms with Gasteiger partial charge in [-0.15, -0.1) is 0 Å². The number of aryl methyl sites for hydroxylation is 1. The number of Topliss-reactive ketones (excluding diaryl/α,β-unsaturated/α-hetero) is 1. The minimum absolute atomic E-state index is 0.201. The van der Waals surface area contributed by atoms with Crippen molar-refractivity contribution < 1.29 is 4.79 Å². The molecule has 1 aliphatic rings. The van der Waals surface area contributed by atoms with E-state index in [0.29, 0.717) is 17.6 Å². The number of ketones is 1. The van der Waals surface area contributed by atoms with Crippen LogP contribution in [-0.2, 0) is 4.79 Å². The quantitative estimate of drug-likeness (QED) is 0.824. The van der Waals surface area contributed by atoms with Gasteiger partial charge >= 0.3 is 0 Å². The van der Waals surface area contributed by atoms with E-state index >= 15 is 0 Å². The van der Waals surface area contributed by atoms with Crippen LogP contribution in [0.5, 0.6) is 0 Å². The molecular formula is C18H27NO. The smallest absolute Gasteiger partial charge is 0.138 e. The van der Waals surface area contributed by atoms with E-state index in [1.54, 1.807) is 0 Å². The van der Waals surface area contributed by atoms with Crippen LogP contribution in [0.15, 0.2) is 24.3 Å². The highest BCUT2D eigenvalue weighted by Crippen LogP contribution is 2.32. The van der Waals surface area contributed by atoms with Gasteiger partial charge in [0.2, 0.25) is 0 Å². The largest absolute Gasteiger partial charge is 0.371 e. The SMILES string of the molecule is CCN(CC1C(=O)CC(C)CC1C)c1ccc(C)cc1. The Bertz CT molecular complexity index is 451. The van der Waals surface area contributed by atoms with Crippen LogP contribution in [0.2, 0.25) is 0 Å². The molecule has 3 atom stereocenters. The molecule has 0 spiro atoms. The summed E-state index contributed by atoms with van der Waals surface area (Å²) in [5.41, 5.74) is 2.51. The maximum atomic E-state index is 12.3. The van der Waals surface area contributed by atoms with E-state index in [0.717, 1.165) is 19.5 Å². The molecule has 110 valence electrons. The van der Waals surface area contributed by atoms with E-state index in [9.17, 15) is 4.79 Å². The van der Waals surface area contributed by atoms with Gasteiger partial charge < -0.3 is 4.90 Å². The maximum Gasteiger partial charge on any atom is 0.138 e. The lowest BCUT2D eigenvalue weighted by Gasteiger charge is -2.35. The molecule has 0 saturated heterocycles. The van der Waals surface area contributed by atoms with Crippen LogP contribution in [0.1, 0.15) is 39.2 Å². The highest BCUT2D eigenvalue weighted by atomic mass is 16.1. The summed E-state index contributed by atoms with van der Waals surface area (Å²) in [5, 5.41) is 0. The molecular weight excluding hydrogens is 246 g/mol. The van der Waals surface area contributed by atoms with Crippen molar-refractivity contribution in [3.05, 3.63) is 29.8 Å². The van der Waals surface area contributed by atoms with Crippen LogP contribution in [0.25, 0.3) is 0 Å². The normalized spacial score (nSPS) is 26.6. The minimum Gasteiger partial charge on any atom is -0.371 e. The van der Waals surface area contributed by atoms with E-state index < -0.39 is 0 Å². The Balaban J connectivity index is 2.09. The number of hydrogen-bond donors (Lipinski definition) is 0. The Morgan fingerprint density at radius 2 is 1.85 bits per heavy atom. The second-order valence-corrected chi connectivity index (χ2v) is 6.47. The highest BCUT2D eigenvalue weighted by Gasteiger charge is 2.33. The van der Waals surface area contributed by atoms with Crippen molar-refractivity contribution >= 4 is 11.5 Å². The van der Waals surface area contributed by atoms with Crippen LogP contribution in [0, 0.1) is 24.7 Å². The number of benzene rings is 1. The molecule has 0 N–H and O–H groups in total. The topological polar surface area (TPSA) is 20.3 Å². The average molecular weight is 273 g/mol. The first kappa shape index (κ1) is 15.1. The molecule has 0 heterocycles. The second-order valence-electron chi connectivity index (χ2n) is 6.47. The van der Waals surface area contributed by atoms with Gasteiger partial charge in [0.25, 0.3) is 0 Å². The van der Waals surface area contributed by atoms with Crippen molar-refractivity contribution in [1.82, 2.24) is 0 Å². The number of hydrogen-bond acceptors (Lipinski definition) is 2. The third kappa shape index (κ3) is 3.41. The van der Waals surface area contributed by atoms with Gasteiger partial charge in [-0.3, -0.25) is 4.79 Å². The Labute approximate surface area is 123 Å². The van der Waals surface area contributed by atoms with Crippen LogP contribution in [0.3, 0.4) is 0 Å². The first-order valence-electron chi connectivity index (χ1n) is 7.85. The molecule has 2 heteroatoms. The van der Waals surface area contributed by atoms with Crippen LogP contribution in [-0.4, -0.2) is 18.9 Å². The van der Waals surface area contributed by atoms with Crippen molar-refractivity contribution in [3.8, 4) is 0 Å².